The Kier molecular flexibility index (Phi) is 6.78. The van der Waals surface area contributed by atoms with Crippen molar-refractivity contribution in [3.05, 3.63) is 24.3 Å². The van der Waals surface area contributed by atoms with Gasteiger partial charge in [0.15, 0.2) is 4.34 Å². The number of rotatable bonds is 7. The molecule has 1 aliphatic heterocycles. The summed E-state index contributed by atoms with van der Waals surface area (Å²) in [6.45, 7) is 7.66. The molecular weight excluding hydrogens is 384 g/mol. The number of carbonyl (C=O) groups is 1. The molecule has 0 spiro atoms. The summed E-state index contributed by atoms with van der Waals surface area (Å²) in [5.41, 5.74) is 1.20. The van der Waals surface area contributed by atoms with Crippen molar-refractivity contribution in [3.8, 4) is 5.75 Å². The molecule has 0 unspecified atom stereocenters. The molecule has 0 bridgehead atoms. The smallest absolute Gasteiger partial charge is 0.319 e. The van der Waals surface area contributed by atoms with E-state index in [1.807, 2.05) is 26.0 Å². The van der Waals surface area contributed by atoms with Crippen LogP contribution in [0.5, 0.6) is 5.75 Å². The molecule has 2 aromatic rings. The first-order chi connectivity index (χ1) is 13.1. The Morgan fingerprint density at radius 3 is 2.48 bits per heavy atom. The van der Waals surface area contributed by atoms with E-state index in [-0.39, 0.29) is 11.2 Å². The molecule has 1 atom stereocenters. The van der Waals surface area contributed by atoms with Crippen LogP contribution in [-0.2, 0) is 9.53 Å². The Labute approximate surface area is 167 Å². The Hall–Kier alpha value is -2.00. The van der Waals surface area contributed by atoms with Crippen molar-refractivity contribution in [1.29, 1.82) is 0 Å². The minimum atomic E-state index is -0.280. The maximum absolute atomic E-state index is 11.8. The summed E-state index contributed by atoms with van der Waals surface area (Å²) in [6, 6.07) is 8.15. The lowest BCUT2D eigenvalue weighted by atomic mass is 10.2. The molecular formula is C18H24N4O3S2. The van der Waals surface area contributed by atoms with Crippen molar-refractivity contribution in [2.45, 2.75) is 23.4 Å². The van der Waals surface area contributed by atoms with Crippen molar-refractivity contribution in [1.82, 2.24) is 10.2 Å². The number of benzene rings is 1. The van der Waals surface area contributed by atoms with Crippen LogP contribution in [0.15, 0.2) is 28.6 Å². The second-order valence-electron chi connectivity index (χ2n) is 6.03. The molecule has 0 aliphatic carbocycles. The van der Waals surface area contributed by atoms with E-state index < -0.39 is 0 Å². The van der Waals surface area contributed by atoms with Crippen LogP contribution in [0.1, 0.15) is 13.8 Å². The van der Waals surface area contributed by atoms with E-state index in [1.54, 1.807) is 7.11 Å². The molecule has 2 heterocycles. The normalized spacial score (nSPS) is 15.5. The molecule has 0 radical (unpaired) electrons. The zero-order valence-electron chi connectivity index (χ0n) is 15.8. The van der Waals surface area contributed by atoms with Crippen molar-refractivity contribution in [2.75, 3.05) is 49.7 Å². The molecule has 7 nitrogen and oxygen atoms in total. The van der Waals surface area contributed by atoms with Gasteiger partial charge in [-0.05, 0) is 38.1 Å². The number of hydrogen-bond acceptors (Lipinski definition) is 9. The summed E-state index contributed by atoms with van der Waals surface area (Å²) in [5.74, 6) is 0.653. The Morgan fingerprint density at radius 2 is 1.85 bits per heavy atom. The molecule has 146 valence electrons. The van der Waals surface area contributed by atoms with Crippen LogP contribution in [-0.4, -0.2) is 61.3 Å². The number of nitrogens with zero attached hydrogens (tertiary/aromatic N) is 4. The second kappa shape index (κ2) is 9.27. The summed E-state index contributed by atoms with van der Waals surface area (Å²) < 4.78 is 11.1. The van der Waals surface area contributed by atoms with Crippen LogP contribution < -0.4 is 14.5 Å². The highest BCUT2D eigenvalue weighted by Crippen LogP contribution is 2.32. The van der Waals surface area contributed by atoms with E-state index >= 15 is 0 Å². The van der Waals surface area contributed by atoms with E-state index in [4.69, 9.17) is 9.47 Å². The van der Waals surface area contributed by atoms with Gasteiger partial charge < -0.3 is 19.3 Å². The summed E-state index contributed by atoms with van der Waals surface area (Å²) in [5, 5.41) is 9.16. The molecule has 0 amide bonds. The van der Waals surface area contributed by atoms with Crippen LogP contribution in [0.2, 0.25) is 0 Å². The predicted octanol–water partition coefficient (Wildman–Crippen LogP) is 2.92. The molecule has 0 saturated carbocycles. The van der Waals surface area contributed by atoms with Gasteiger partial charge in [0.2, 0.25) is 5.13 Å². The number of aromatic nitrogens is 2. The van der Waals surface area contributed by atoms with Crippen LogP contribution >= 0.6 is 23.1 Å². The van der Waals surface area contributed by atoms with Gasteiger partial charge in [0.1, 0.15) is 11.0 Å². The highest BCUT2D eigenvalue weighted by atomic mass is 32.2. The molecule has 27 heavy (non-hydrogen) atoms. The SMILES string of the molecule is CCOC(=O)[C@H](C)Sc1nnc(N2CCN(c3ccc(OC)cc3)CC2)s1. The first-order valence-electron chi connectivity index (χ1n) is 8.91. The van der Waals surface area contributed by atoms with Crippen molar-refractivity contribution >= 4 is 39.9 Å². The van der Waals surface area contributed by atoms with Crippen LogP contribution in [0, 0.1) is 0 Å². The Balaban J connectivity index is 1.53. The molecule has 1 aromatic heterocycles. The van der Waals surface area contributed by atoms with Gasteiger partial charge in [0, 0.05) is 31.9 Å². The third-order valence-electron chi connectivity index (χ3n) is 4.28. The Bertz CT molecular complexity index is 745. The fourth-order valence-electron chi connectivity index (χ4n) is 2.79. The van der Waals surface area contributed by atoms with Gasteiger partial charge in [-0.2, -0.15) is 0 Å². The van der Waals surface area contributed by atoms with E-state index in [2.05, 4.69) is 32.1 Å². The summed E-state index contributed by atoms with van der Waals surface area (Å²) in [7, 11) is 1.68. The van der Waals surface area contributed by atoms with Crippen LogP contribution in [0.3, 0.4) is 0 Å². The molecule has 3 rings (SSSR count). The maximum atomic E-state index is 11.8. The van der Waals surface area contributed by atoms with Crippen molar-refractivity contribution in [2.24, 2.45) is 0 Å². The minimum Gasteiger partial charge on any atom is -0.497 e. The Morgan fingerprint density at radius 1 is 1.19 bits per heavy atom. The molecule has 1 aliphatic rings. The highest BCUT2D eigenvalue weighted by Gasteiger charge is 2.22. The van der Waals surface area contributed by atoms with E-state index in [0.717, 1.165) is 41.4 Å². The zero-order valence-corrected chi connectivity index (χ0v) is 17.4. The molecule has 1 fully saturated rings. The van der Waals surface area contributed by atoms with Crippen molar-refractivity contribution < 1.29 is 14.3 Å². The van der Waals surface area contributed by atoms with E-state index in [1.165, 1.54) is 28.8 Å². The molecule has 1 aromatic carbocycles. The first kappa shape index (κ1) is 19.8. The van der Waals surface area contributed by atoms with Gasteiger partial charge in [-0.1, -0.05) is 23.1 Å². The average Bonchev–Trinajstić information content (AvgIpc) is 3.17. The zero-order chi connectivity index (χ0) is 19.2. The van der Waals surface area contributed by atoms with E-state index in [9.17, 15) is 4.79 Å². The lowest BCUT2D eigenvalue weighted by Gasteiger charge is -2.35. The van der Waals surface area contributed by atoms with Gasteiger partial charge in [-0.15, -0.1) is 10.2 Å². The van der Waals surface area contributed by atoms with Crippen LogP contribution in [0.25, 0.3) is 0 Å². The topological polar surface area (TPSA) is 67.8 Å². The summed E-state index contributed by atoms with van der Waals surface area (Å²) in [4.78, 5) is 16.4. The first-order valence-corrected chi connectivity index (χ1v) is 10.6. The van der Waals surface area contributed by atoms with Gasteiger partial charge >= 0.3 is 5.97 Å². The fourth-order valence-corrected chi connectivity index (χ4v) is 4.82. The number of hydrogen-bond donors (Lipinski definition) is 0. The number of ether oxygens (including phenoxy) is 2. The van der Waals surface area contributed by atoms with Crippen molar-refractivity contribution in [3.63, 3.8) is 0 Å². The van der Waals surface area contributed by atoms with Gasteiger partial charge in [0.25, 0.3) is 0 Å². The largest absolute Gasteiger partial charge is 0.497 e. The summed E-state index contributed by atoms with van der Waals surface area (Å²) >= 11 is 2.93. The third kappa shape index (κ3) is 5.04. The number of thioether (sulfide) groups is 1. The monoisotopic (exact) mass is 408 g/mol. The summed E-state index contributed by atoms with van der Waals surface area (Å²) in [6.07, 6.45) is 0. The number of carbonyl (C=O) groups excluding carboxylic acids is 1. The predicted molar refractivity (Wildman–Crippen MR) is 109 cm³/mol. The molecule has 1 saturated heterocycles. The average molecular weight is 409 g/mol. The number of piperazine rings is 1. The third-order valence-corrected chi connectivity index (χ3v) is 6.43. The quantitative estimate of drug-likeness (QED) is 0.512. The van der Waals surface area contributed by atoms with Crippen LogP contribution in [0.4, 0.5) is 10.8 Å². The van der Waals surface area contributed by atoms with Gasteiger partial charge in [-0.3, -0.25) is 4.79 Å². The second-order valence-corrected chi connectivity index (χ2v) is 8.58. The fraction of sp³-hybridized carbons (Fsp3) is 0.500. The lowest BCUT2D eigenvalue weighted by Crippen LogP contribution is -2.46. The highest BCUT2D eigenvalue weighted by molar-refractivity contribution is 8.02. The van der Waals surface area contributed by atoms with Gasteiger partial charge in [-0.25, -0.2) is 0 Å². The number of esters is 1. The number of methoxy groups -OCH3 is 1. The van der Waals surface area contributed by atoms with E-state index in [0.29, 0.717) is 6.61 Å². The standard InChI is InChI=1S/C18H24N4O3S2/c1-4-25-16(23)13(2)26-18-20-19-17(27-18)22-11-9-21(10-12-22)14-5-7-15(24-3)8-6-14/h5-8,13H,4,9-12H2,1-3H3/t13-/m0/s1. The maximum Gasteiger partial charge on any atom is 0.319 e. The van der Waals surface area contributed by atoms with Gasteiger partial charge in [0.05, 0.1) is 13.7 Å². The number of anilines is 2. The molecule has 9 heteroatoms. The minimum absolute atomic E-state index is 0.215. The molecule has 0 N–H and O–H groups in total. The lowest BCUT2D eigenvalue weighted by molar-refractivity contribution is -0.142.